The number of hydrogen-bond acceptors (Lipinski definition) is 4. The van der Waals surface area contributed by atoms with E-state index >= 15 is 0 Å². The van der Waals surface area contributed by atoms with Gasteiger partial charge in [-0.15, -0.1) is 0 Å². The molecule has 21 heavy (non-hydrogen) atoms. The van der Waals surface area contributed by atoms with Crippen LogP contribution >= 0.6 is 0 Å². The maximum absolute atomic E-state index is 12.4. The number of Topliss-reactive ketones (excluding diaryl/α,β-unsaturated/α-hetero) is 1. The molecule has 0 aliphatic heterocycles. The number of carboxylic acid groups (broad SMARTS) is 1. The van der Waals surface area contributed by atoms with Gasteiger partial charge in [0, 0.05) is 12.0 Å². The number of aromatic hydroxyl groups is 1. The second-order valence-corrected chi connectivity index (χ2v) is 4.81. The van der Waals surface area contributed by atoms with Crippen molar-refractivity contribution in [3.05, 3.63) is 65.7 Å². The highest BCUT2D eigenvalue weighted by Gasteiger charge is 2.42. The first-order valence-electron chi connectivity index (χ1n) is 6.33. The third kappa shape index (κ3) is 3.09. The van der Waals surface area contributed by atoms with Gasteiger partial charge in [-0.1, -0.05) is 42.5 Å². The highest BCUT2D eigenvalue weighted by Crippen LogP contribution is 2.19. The van der Waals surface area contributed by atoms with Crippen molar-refractivity contribution in [2.45, 2.75) is 12.0 Å². The Hall–Kier alpha value is -2.66. The van der Waals surface area contributed by atoms with Gasteiger partial charge in [0.15, 0.2) is 11.3 Å². The molecule has 0 aliphatic rings. The summed E-state index contributed by atoms with van der Waals surface area (Å²) in [5.74, 6) is -1.97. The number of phenols is 1. The normalized spacial score (nSPS) is 13.4. The Morgan fingerprint density at radius 3 is 2.10 bits per heavy atom. The van der Waals surface area contributed by atoms with Crippen molar-refractivity contribution in [1.82, 2.24) is 0 Å². The third-order valence-electron chi connectivity index (χ3n) is 3.24. The van der Waals surface area contributed by atoms with E-state index in [9.17, 15) is 19.8 Å². The second kappa shape index (κ2) is 5.76. The first kappa shape index (κ1) is 14.7. The second-order valence-electron chi connectivity index (χ2n) is 4.81. The fourth-order valence-corrected chi connectivity index (χ4v) is 2.04. The highest BCUT2D eigenvalue weighted by atomic mass is 16.4. The summed E-state index contributed by atoms with van der Waals surface area (Å²) in [6.45, 7) is 0. The van der Waals surface area contributed by atoms with Gasteiger partial charge in [0.25, 0.3) is 0 Å². The van der Waals surface area contributed by atoms with Crippen molar-refractivity contribution in [1.29, 1.82) is 0 Å². The zero-order chi connectivity index (χ0) is 15.5. The van der Waals surface area contributed by atoms with Gasteiger partial charge < -0.3 is 15.9 Å². The minimum atomic E-state index is -2.04. The van der Waals surface area contributed by atoms with Crippen molar-refractivity contribution < 1.29 is 19.8 Å². The molecule has 5 nitrogen and oxygen atoms in total. The first-order chi connectivity index (χ1) is 9.93. The molecule has 0 unspecified atom stereocenters. The van der Waals surface area contributed by atoms with Gasteiger partial charge in [0.05, 0.1) is 0 Å². The van der Waals surface area contributed by atoms with Crippen molar-refractivity contribution in [3.63, 3.8) is 0 Å². The Labute approximate surface area is 121 Å². The molecule has 4 N–H and O–H groups in total. The molecular formula is C16H15NO4. The van der Waals surface area contributed by atoms with Gasteiger partial charge >= 0.3 is 5.97 Å². The molecule has 0 saturated carbocycles. The van der Waals surface area contributed by atoms with E-state index in [1.54, 1.807) is 18.2 Å². The number of hydrogen-bond donors (Lipinski definition) is 3. The third-order valence-corrected chi connectivity index (χ3v) is 3.24. The van der Waals surface area contributed by atoms with Crippen LogP contribution in [0, 0.1) is 0 Å². The number of phenolic OH excluding ortho intramolecular Hbond substituents is 1. The maximum Gasteiger partial charge on any atom is 0.332 e. The summed E-state index contributed by atoms with van der Waals surface area (Å²) < 4.78 is 0. The standard InChI is InChI=1S/C16H15NO4/c17-16(15(20)21,10-11-6-8-13(18)9-7-11)14(19)12-4-2-1-3-5-12/h1-9,18H,10,17H2,(H,20,21)/t16-/m1/s1. The van der Waals surface area contributed by atoms with Gasteiger partial charge in [-0.3, -0.25) is 4.79 Å². The quantitative estimate of drug-likeness (QED) is 0.572. The SMILES string of the molecule is N[C@@](Cc1ccc(O)cc1)(C(=O)O)C(=O)c1ccccc1. The molecule has 108 valence electrons. The summed E-state index contributed by atoms with van der Waals surface area (Å²) in [5, 5.41) is 18.6. The fourth-order valence-electron chi connectivity index (χ4n) is 2.04. The van der Waals surface area contributed by atoms with E-state index in [0.29, 0.717) is 5.56 Å². The molecule has 2 aromatic rings. The maximum atomic E-state index is 12.4. The van der Waals surface area contributed by atoms with Gasteiger partial charge in [-0.05, 0) is 17.7 Å². The number of nitrogens with two attached hydrogens (primary N) is 1. The number of carboxylic acids is 1. The van der Waals surface area contributed by atoms with Crippen molar-refractivity contribution in [2.24, 2.45) is 5.73 Å². The molecule has 0 fully saturated rings. The molecule has 0 aliphatic carbocycles. The van der Waals surface area contributed by atoms with Gasteiger partial charge in [-0.25, -0.2) is 4.79 Å². The lowest BCUT2D eigenvalue weighted by Gasteiger charge is -2.23. The zero-order valence-corrected chi connectivity index (χ0v) is 11.2. The molecule has 0 saturated heterocycles. The van der Waals surface area contributed by atoms with Gasteiger partial charge in [0.2, 0.25) is 0 Å². The van der Waals surface area contributed by atoms with Crippen LogP contribution in [0.15, 0.2) is 54.6 Å². The van der Waals surface area contributed by atoms with Crippen LogP contribution in [0.25, 0.3) is 0 Å². The molecule has 0 spiro atoms. The summed E-state index contributed by atoms with van der Waals surface area (Å²) in [4.78, 5) is 23.9. The highest BCUT2D eigenvalue weighted by molar-refractivity contribution is 6.16. The molecule has 2 rings (SSSR count). The molecule has 0 bridgehead atoms. The van der Waals surface area contributed by atoms with Crippen molar-refractivity contribution in [3.8, 4) is 5.75 Å². The number of carbonyl (C=O) groups is 2. The van der Waals surface area contributed by atoms with Gasteiger partial charge in [0.1, 0.15) is 5.75 Å². The zero-order valence-electron chi connectivity index (χ0n) is 11.2. The van der Waals surface area contributed by atoms with Crippen LogP contribution in [0.4, 0.5) is 0 Å². The van der Waals surface area contributed by atoms with E-state index in [4.69, 9.17) is 5.73 Å². The molecule has 0 radical (unpaired) electrons. The molecule has 5 heteroatoms. The number of benzene rings is 2. The smallest absolute Gasteiger partial charge is 0.332 e. The molecule has 0 amide bonds. The predicted octanol–water partition coefficient (Wildman–Crippen LogP) is 1.60. The average molecular weight is 285 g/mol. The lowest BCUT2D eigenvalue weighted by molar-refractivity contribution is -0.141. The van der Waals surface area contributed by atoms with E-state index in [1.165, 1.54) is 36.4 Å². The van der Waals surface area contributed by atoms with Crippen LogP contribution in [0.1, 0.15) is 15.9 Å². The Morgan fingerprint density at radius 2 is 1.57 bits per heavy atom. The molecule has 1 atom stereocenters. The summed E-state index contributed by atoms with van der Waals surface area (Å²) in [5.41, 5.74) is 4.64. The minimum absolute atomic E-state index is 0.0612. The topological polar surface area (TPSA) is 101 Å². The summed E-state index contributed by atoms with van der Waals surface area (Å²) >= 11 is 0. The van der Waals surface area contributed by atoms with Crippen molar-refractivity contribution >= 4 is 11.8 Å². The number of aliphatic carboxylic acids is 1. The van der Waals surface area contributed by atoms with E-state index in [-0.39, 0.29) is 17.7 Å². The molecule has 0 aromatic heterocycles. The lowest BCUT2D eigenvalue weighted by Crippen LogP contribution is -2.56. The number of carbonyl (C=O) groups excluding carboxylic acids is 1. The van der Waals surface area contributed by atoms with Gasteiger partial charge in [-0.2, -0.15) is 0 Å². The van der Waals surface area contributed by atoms with E-state index in [2.05, 4.69) is 0 Å². The number of rotatable bonds is 5. The first-order valence-corrected chi connectivity index (χ1v) is 6.33. The average Bonchev–Trinajstić information content (AvgIpc) is 2.49. The monoisotopic (exact) mass is 285 g/mol. The summed E-state index contributed by atoms with van der Waals surface area (Å²) in [7, 11) is 0. The minimum Gasteiger partial charge on any atom is -0.508 e. The lowest BCUT2D eigenvalue weighted by atomic mass is 9.84. The summed E-state index contributed by atoms with van der Waals surface area (Å²) in [6, 6.07) is 14.0. The molecular weight excluding hydrogens is 270 g/mol. The van der Waals surface area contributed by atoms with Crippen molar-refractivity contribution in [2.75, 3.05) is 0 Å². The Balaban J connectivity index is 2.34. The van der Waals surface area contributed by atoms with Crippen LogP contribution in [0.5, 0.6) is 5.75 Å². The number of ketones is 1. The Bertz CT molecular complexity index is 652. The van der Waals surface area contributed by atoms with E-state index in [0.717, 1.165) is 0 Å². The van der Waals surface area contributed by atoms with E-state index in [1.807, 2.05) is 0 Å². The Morgan fingerprint density at radius 1 is 1.00 bits per heavy atom. The van der Waals surface area contributed by atoms with Crippen LogP contribution < -0.4 is 5.73 Å². The fraction of sp³-hybridized carbons (Fsp3) is 0.125. The Kier molecular flexibility index (Phi) is 4.05. The van der Waals surface area contributed by atoms with Crippen LogP contribution in [-0.4, -0.2) is 27.5 Å². The largest absolute Gasteiger partial charge is 0.508 e. The summed E-state index contributed by atoms with van der Waals surface area (Å²) in [6.07, 6.45) is -0.156. The van der Waals surface area contributed by atoms with Crippen LogP contribution in [0.2, 0.25) is 0 Å². The predicted molar refractivity (Wildman–Crippen MR) is 77.1 cm³/mol. The molecule has 2 aromatic carbocycles. The molecule has 0 heterocycles. The van der Waals surface area contributed by atoms with Crippen LogP contribution in [0.3, 0.4) is 0 Å². The van der Waals surface area contributed by atoms with Crippen LogP contribution in [-0.2, 0) is 11.2 Å². The van der Waals surface area contributed by atoms with E-state index < -0.39 is 17.3 Å².